The highest BCUT2D eigenvalue weighted by Crippen LogP contribution is 2.36. The van der Waals surface area contributed by atoms with Crippen molar-refractivity contribution < 1.29 is 17.6 Å². The summed E-state index contributed by atoms with van der Waals surface area (Å²) >= 11 is 1.09. The molecule has 0 saturated heterocycles. The van der Waals surface area contributed by atoms with Gasteiger partial charge in [-0.1, -0.05) is 24.3 Å². The molecule has 0 aliphatic heterocycles. The Balaban J connectivity index is 1.07. The van der Waals surface area contributed by atoms with Crippen molar-refractivity contribution in [3.05, 3.63) is 71.7 Å². The first-order chi connectivity index (χ1) is 18.3. The minimum absolute atomic E-state index is 0.253. The van der Waals surface area contributed by atoms with E-state index in [0.717, 1.165) is 59.4 Å². The summed E-state index contributed by atoms with van der Waals surface area (Å²) in [5.41, 5.74) is 4.93. The fraction of sp³-hybridized carbons (Fsp3) is 0.321. The number of furan rings is 1. The third-order valence-electron chi connectivity index (χ3n) is 7.21. The molecule has 1 aliphatic carbocycles. The minimum Gasteiger partial charge on any atom is -0.463 e. The van der Waals surface area contributed by atoms with Gasteiger partial charge in [-0.3, -0.25) is 4.98 Å². The van der Waals surface area contributed by atoms with Crippen LogP contribution in [0.5, 0.6) is 0 Å². The molecule has 10 heteroatoms. The quantitative estimate of drug-likeness (QED) is 0.248. The molecular formula is C28H26F3N5OS. The molecule has 6 rings (SSSR count). The predicted molar refractivity (Wildman–Crippen MR) is 143 cm³/mol. The molecule has 0 radical (unpaired) electrons. The van der Waals surface area contributed by atoms with Crippen LogP contribution in [0.4, 0.5) is 19.0 Å². The Hall–Kier alpha value is -3.50. The Kier molecular flexibility index (Phi) is 6.53. The average Bonchev–Trinajstić information content (AvgIpc) is 3.65. The fourth-order valence-corrected chi connectivity index (χ4v) is 6.23. The maximum atomic E-state index is 12.9. The Labute approximate surface area is 221 Å². The molecule has 5 aromatic rings. The monoisotopic (exact) mass is 537 g/mol. The Morgan fingerprint density at radius 2 is 1.89 bits per heavy atom. The van der Waals surface area contributed by atoms with Gasteiger partial charge in [0.25, 0.3) is 0 Å². The molecule has 4 aromatic heterocycles. The molecule has 196 valence electrons. The van der Waals surface area contributed by atoms with E-state index in [1.54, 1.807) is 12.3 Å². The van der Waals surface area contributed by atoms with E-state index in [0.29, 0.717) is 22.1 Å². The van der Waals surface area contributed by atoms with Gasteiger partial charge >= 0.3 is 6.18 Å². The predicted octanol–water partition coefficient (Wildman–Crippen LogP) is 6.75. The van der Waals surface area contributed by atoms with Crippen LogP contribution in [-0.4, -0.2) is 40.3 Å². The van der Waals surface area contributed by atoms with Crippen LogP contribution < -0.4 is 10.2 Å². The lowest BCUT2D eigenvalue weighted by Crippen LogP contribution is -2.33. The topological polar surface area (TPSA) is 67.1 Å². The SMILES string of the molecule is CN(c1ncnc2sc(CC(F)(F)F)cc12)[C@@H]1CCC(NCc2ccc(-c3cnc4ccoc4c3)cc2)C1. The lowest BCUT2D eigenvalue weighted by molar-refractivity contribution is -0.126. The molecule has 1 aromatic carbocycles. The van der Waals surface area contributed by atoms with Crippen molar-refractivity contribution in [1.29, 1.82) is 0 Å². The molecular weight excluding hydrogens is 511 g/mol. The maximum absolute atomic E-state index is 12.9. The number of thiophene rings is 1. The average molecular weight is 538 g/mol. The Morgan fingerprint density at radius 3 is 2.71 bits per heavy atom. The van der Waals surface area contributed by atoms with E-state index in [9.17, 15) is 13.2 Å². The van der Waals surface area contributed by atoms with E-state index < -0.39 is 12.6 Å². The first kappa shape index (κ1) is 24.8. The molecule has 1 fully saturated rings. The van der Waals surface area contributed by atoms with Gasteiger partial charge in [0.05, 0.1) is 18.1 Å². The molecule has 0 spiro atoms. The van der Waals surface area contributed by atoms with Gasteiger partial charge in [0.1, 0.15) is 22.5 Å². The molecule has 1 aliphatic rings. The largest absolute Gasteiger partial charge is 0.463 e. The highest BCUT2D eigenvalue weighted by Gasteiger charge is 2.31. The summed E-state index contributed by atoms with van der Waals surface area (Å²) in [6.45, 7) is 0.764. The molecule has 6 nitrogen and oxygen atoms in total. The summed E-state index contributed by atoms with van der Waals surface area (Å²) in [7, 11) is 1.98. The van der Waals surface area contributed by atoms with Gasteiger partial charge in [0, 0.05) is 48.4 Å². The first-order valence-electron chi connectivity index (χ1n) is 12.5. The van der Waals surface area contributed by atoms with Crippen LogP contribution in [0.2, 0.25) is 0 Å². The number of nitrogens with one attached hydrogen (secondary N) is 1. The van der Waals surface area contributed by atoms with Crippen LogP contribution in [0.25, 0.3) is 32.4 Å². The summed E-state index contributed by atoms with van der Waals surface area (Å²) in [5.74, 6) is 0.697. The molecule has 1 unspecified atom stereocenters. The standard InChI is InChI=1S/C28H26F3N5OS/c1-36(26-23-12-22(13-28(29,30)31)38-27(23)35-16-34-26)21-7-6-20(11-21)32-14-17-2-4-18(5-3-17)19-10-25-24(33-15-19)8-9-37-25/h2-5,8-10,12,15-16,20-21,32H,6-7,11,13-14H2,1H3/t20?,21-/m1/s1. The van der Waals surface area contributed by atoms with Crippen molar-refractivity contribution in [3.63, 3.8) is 0 Å². The number of halogens is 3. The number of anilines is 1. The number of aromatic nitrogens is 3. The fourth-order valence-electron chi connectivity index (χ4n) is 5.21. The van der Waals surface area contributed by atoms with Crippen LogP contribution in [0.1, 0.15) is 29.7 Å². The number of benzene rings is 1. The van der Waals surface area contributed by atoms with Crippen molar-refractivity contribution >= 4 is 38.5 Å². The Morgan fingerprint density at radius 1 is 1.05 bits per heavy atom. The summed E-state index contributed by atoms with van der Waals surface area (Å²) in [6, 6.07) is 14.5. The van der Waals surface area contributed by atoms with Crippen LogP contribution in [-0.2, 0) is 13.0 Å². The van der Waals surface area contributed by atoms with Gasteiger partial charge in [-0.05, 0) is 42.5 Å². The van der Waals surface area contributed by atoms with Crippen molar-refractivity contribution in [2.45, 2.75) is 50.5 Å². The summed E-state index contributed by atoms with van der Waals surface area (Å²) in [4.78, 5) is 16.0. The lowest BCUT2D eigenvalue weighted by atomic mass is 10.1. The number of rotatable bonds is 7. The third-order valence-corrected chi connectivity index (χ3v) is 8.25. The number of alkyl halides is 3. The Bertz CT molecular complexity index is 1560. The maximum Gasteiger partial charge on any atom is 0.393 e. The smallest absolute Gasteiger partial charge is 0.393 e. The third kappa shape index (κ3) is 5.23. The molecule has 38 heavy (non-hydrogen) atoms. The number of fused-ring (bicyclic) bond motifs is 2. The normalized spacial score (nSPS) is 18.0. The van der Waals surface area contributed by atoms with E-state index in [-0.39, 0.29) is 10.9 Å². The van der Waals surface area contributed by atoms with Gasteiger partial charge in [0.2, 0.25) is 0 Å². The number of nitrogens with zero attached hydrogens (tertiary/aromatic N) is 4. The highest BCUT2D eigenvalue weighted by atomic mass is 32.1. The summed E-state index contributed by atoms with van der Waals surface area (Å²) in [6.07, 6.45) is 2.72. The molecule has 0 bridgehead atoms. The van der Waals surface area contributed by atoms with Gasteiger partial charge in [-0.15, -0.1) is 11.3 Å². The zero-order valence-corrected chi connectivity index (χ0v) is 21.5. The second-order valence-corrected chi connectivity index (χ2v) is 10.9. The van der Waals surface area contributed by atoms with Crippen LogP contribution >= 0.6 is 11.3 Å². The molecule has 2 atom stereocenters. The minimum atomic E-state index is -4.24. The summed E-state index contributed by atoms with van der Waals surface area (Å²) in [5, 5.41) is 4.36. The number of pyridine rings is 1. The van der Waals surface area contributed by atoms with E-state index >= 15 is 0 Å². The van der Waals surface area contributed by atoms with Crippen molar-refractivity contribution in [1.82, 2.24) is 20.3 Å². The van der Waals surface area contributed by atoms with E-state index in [2.05, 4.69) is 49.4 Å². The van der Waals surface area contributed by atoms with Gasteiger partial charge < -0.3 is 14.6 Å². The van der Waals surface area contributed by atoms with Crippen LogP contribution in [0, 0.1) is 0 Å². The highest BCUT2D eigenvalue weighted by molar-refractivity contribution is 7.18. The number of hydrogen-bond acceptors (Lipinski definition) is 7. The van der Waals surface area contributed by atoms with Gasteiger partial charge in [-0.2, -0.15) is 13.2 Å². The summed E-state index contributed by atoms with van der Waals surface area (Å²) < 4.78 is 44.2. The van der Waals surface area contributed by atoms with Gasteiger partial charge in [-0.25, -0.2) is 9.97 Å². The first-order valence-corrected chi connectivity index (χ1v) is 13.3. The molecule has 1 saturated carbocycles. The second kappa shape index (κ2) is 9.99. The number of hydrogen-bond donors (Lipinski definition) is 1. The lowest BCUT2D eigenvalue weighted by Gasteiger charge is -2.26. The zero-order valence-electron chi connectivity index (χ0n) is 20.7. The van der Waals surface area contributed by atoms with E-state index in [1.807, 2.05) is 25.4 Å². The molecule has 4 heterocycles. The second-order valence-electron chi connectivity index (χ2n) is 9.80. The molecule has 1 N–H and O–H groups in total. The zero-order chi connectivity index (χ0) is 26.3. The van der Waals surface area contributed by atoms with E-state index in [4.69, 9.17) is 4.42 Å². The molecule has 0 amide bonds. The van der Waals surface area contributed by atoms with Gasteiger partial charge in [0.15, 0.2) is 5.58 Å². The van der Waals surface area contributed by atoms with Crippen LogP contribution in [0.3, 0.4) is 0 Å². The van der Waals surface area contributed by atoms with Crippen molar-refractivity contribution in [3.8, 4) is 11.1 Å². The van der Waals surface area contributed by atoms with Crippen LogP contribution in [0.15, 0.2) is 65.7 Å². The van der Waals surface area contributed by atoms with Crippen molar-refractivity contribution in [2.24, 2.45) is 0 Å². The van der Waals surface area contributed by atoms with E-state index in [1.165, 1.54) is 11.9 Å². The van der Waals surface area contributed by atoms with Crippen molar-refractivity contribution in [2.75, 3.05) is 11.9 Å².